The van der Waals surface area contributed by atoms with Crippen molar-refractivity contribution in [1.82, 2.24) is 10.1 Å². The van der Waals surface area contributed by atoms with Crippen molar-refractivity contribution in [1.29, 1.82) is 0 Å². The number of carbonyl (C=O) groups excluding carboxylic acids is 1. The first kappa shape index (κ1) is 14.6. The highest BCUT2D eigenvalue weighted by atomic mass is 16.5. The first-order valence-electron chi connectivity index (χ1n) is 6.63. The summed E-state index contributed by atoms with van der Waals surface area (Å²) in [5.41, 5.74) is -0.845. The van der Waals surface area contributed by atoms with Crippen LogP contribution in [0.2, 0.25) is 0 Å². The monoisotopic (exact) mass is 280 g/mol. The average molecular weight is 280 g/mol. The molecule has 1 fully saturated rings. The summed E-state index contributed by atoms with van der Waals surface area (Å²) in [5, 5.41) is 13.0. The summed E-state index contributed by atoms with van der Waals surface area (Å²) < 4.78 is 5.20. The zero-order valence-corrected chi connectivity index (χ0v) is 12.3. The fraction of sp³-hybridized carbons (Fsp3) is 0.643. The normalized spacial score (nSPS) is 23.1. The van der Waals surface area contributed by atoms with Crippen LogP contribution in [0.1, 0.15) is 50.4 Å². The Hall–Kier alpha value is -1.85. The molecule has 1 N–H and O–H groups in total. The molecule has 1 atom stereocenters. The molecule has 20 heavy (non-hydrogen) atoms. The van der Waals surface area contributed by atoms with Gasteiger partial charge in [-0.25, -0.2) is 0 Å². The van der Waals surface area contributed by atoms with Crippen molar-refractivity contribution >= 4 is 11.9 Å². The number of likely N-dealkylation sites (tertiary alicyclic amines) is 1. The van der Waals surface area contributed by atoms with E-state index in [2.05, 4.69) is 5.16 Å². The lowest BCUT2D eigenvalue weighted by Crippen LogP contribution is -2.35. The molecule has 2 rings (SSSR count). The van der Waals surface area contributed by atoms with Gasteiger partial charge in [-0.05, 0) is 13.3 Å². The second-order valence-corrected chi connectivity index (χ2v) is 6.67. The molecule has 1 unspecified atom stereocenters. The Morgan fingerprint density at radius 3 is 2.55 bits per heavy atom. The number of rotatable bonds is 2. The Morgan fingerprint density at radius 1 is 1.45 bits per heavy atom. The van der Waals surface area contributed by atoms with E-state index in [4.69, 9.17) is 4.52 Å². The molecular formula is C14H20N2O4. The molecule has 1 amide bonds. The van der Waals surface area contributed by atoms with E-state index in [9.17, 15) is 14.7 Å². The number of amides is 1. The Morgan fingerprint density at radius 2 is 2.10 bits per heavy atom. The molecule has 6 heteroatoms. The summed E-state index contributed by atoms with van der Waals surface area (Å²) in [5.74, 6) is -0.501. The van der Waals surface area contributed by atoms with E-state index in [0.717, 1.165) is 0 Å². The minimum absolute atomic E-state index is 0.207. The minimum Gasteiger partial charge on any atom is -0.481 e. The maximum atomic E-state index is 12.3. The number of aliphatic carboxylic acids is 1. The summed E-state index contributed by atoms with van der Waals surface area (Å²) in [6, 6.07) is 1.64. The van der Waals surface area contributed by atoms with Crippen molar-refractivity contribution < 1.29 is 19.2 Å². The lowest BCUT2D eigenvalue weighted by atomic mass is 9.90. The standard InChI is InChI=1S/C14H20N2O4/c1-13(2,3)10-7-9(15-20-10)11(17)16-6-5-14(4,8-16)12(18)19/h7H,5-6,8H2,1-4H3,(H,18,19). The first-order chi connectivity index (χ1) is 9.13. The summed E-state index contributed by atoms with van der Waals surface area (Å²) in [7, 11) is 0. The number of aromatic nitrogens is 1. The number of carboxylic acid groups (broad SMARTS) is 1. The van der Waals surface area contributed by atoms with Crippen molar-refractivity contribution in [3.05, 3.63) is 17.5 Å². The van der Waals surface area contributed by atoms with Gasteiger partial charge in [-0.1, -0.05) is 25.9 Å². The van der Waals surface area contributed by atoms with E-state index < -0.39 is 11.4 Å². The van der Waals surface area contributed by atoms with Gasteiger partial charge in [-0.2, -0.15) is 0 Å². The van der Waals surface area contributed by atoms with Gasteiger partial charge in [0.2, 0.25) is 0 Å². The topological polar surface area (TPSA) is 83.6 Å². The van der Waals surface area contributed by atoms with Crippen LogP contribution in [0.5, 0.6) is 0 Å². The van der Waals surface area contributed by atoms with Gasteiger partial charge in [0, 0.05) is 24.6 Å². The molecule has 0 aromatic carbocycles. The van der Waals surface area contributed by atoms with Gasteiger partial charge < -0.3 is 14.5 Å². The van der Waals surface area contributed by atoms with Crippen LogP contribution in [0.4, 0.5) is 0 Å². The lowest BCUT2D eigenvalue weighted by Gasteiger charge is -2.19. The number of carboxylic acids is 1. The molecule has 1 aliphatic rings. The smallest absolute Gasteiger partial charge is 0.311 e. The molecule has 0 radical (unpaired) electrons. The largest absolute Gasteiger partial charge is 0.481 e. The molecule has 0 aliphatic carbocycles. The van der Waals surface area contributed by atoms with Crippen LogP contribution in [0.25, 0.3) is 0 Å². The number of nitrogens with zero attached hydrogens (tertiary/aromatic N) is 2. The number of carbonyl (C=O) groups is 2. The van der Waals surface area contributed by atoms with Crippen molar-refractivity contribution in [2.45, 2.75) is 39.5 Å². The van der Waals surface area contributed by atoms with Gasteiger partial charge in [-0.15, -0.1) is 0 Å². The molecule has 2 heterocycles. The third-order valence-electron chi connectivity index (χ3n) is 3.75. The van der Waals surface area contributed by atoms with E-state index in [1.165, 1.54) is 4.90 Å². The van der Waals surface area contributed by atoms with E-state index in [-0.39, 0.29) is 23.6 Å². The third-order valence-corrected chi connectivity index (χ3v) is 3.75. The molecule has 0 bridgehead atoms. The van der Waals surface area contributed by atoms with Crippen LogP contribution >= 0.6 is 0 Å². The molecule has 0 saturated carbocycles. The first-order valence-corrected chi connectivity index (χ1v) is 6.63. The van der Waals surface area contributed by atoms with Gasteiger partial charge >= 0.3 is 5.97 Å². The Balaban J connectivity index is 2.14. The average Bonchev–Trinajstić information content (AvgIpc) is 2.94. The Bertz CT molecular complexity index is 544. The maximum Gasteiger partial charge on any atom is 0.311 e. The zero-order valence-electron chi connectivity index (χ0n) is 12.3. The van der Waals surface area contributed by atoms with E-state index in [1.807, 2.05) is 20.8 Å². The molecule has 1 aromatic rings. The zero-order chi connectivity index (χ0) is 15.1. The van der Waals surface area contributed by atoms with Crippen molar-refractivity contribution in [3.8, 4) is 0 Å². The quantitative estimate of drug-likeness (QED) is 0.894. The van der Waals surface area contributed by atoms with Gasteiger partial charge in [0.05, 0.1) is 5.41 Å². The number of hydrogen-bond acceptors (Lipinski definition) is 4. The third kappa shape index (κ3) is 2.55. The van der Waals surface area contributed by atoms with Crippen molar-refractivity contribution in [3.63, 3.8) is 0 Å². The summed E-state index contributed by atoms with van der Waals surface area (Å²) >= 11 is 0. The lowest BCUT2D eigenvalue weighted by molar-refractivity contribution is -0.147. The van der Waals surface area contributed by atoms with Crippen LogP contribution in [0.3, 0.4) is 0 Å². The highest BCUT2D eigenvalue weighted by Crippen LogP contribution is 2.31. The van der Waals surface area contributed by atoms with Crippen LogP contribution in [-0.2, 0) is 10.2 Å². The highest BCUT2D eigenvalue weighted by molar-refractivity contribution is 5.93. The van der Waals surface area contributed by atoms with Gasteiger partial charge in [-0.3, -0.25) is 9.59 Å². The summed E-state index contributed by atoms with van der Waals surface area (Å²) in [4.78, 5) is 25.0. The summed E-state index contributed by atoms with van der Waals surface area (Å²) in [6.07, 6.45) is 0.456. The fourth-order valence-corrected chi connectivity index (χ4v) is 2.20. The molecule has 0 spiro atoms. The predicted molar refractivity (Wildman–Crippen MR) is 71.5 cm³/mol. The second-order valence-electron chi connectivity index (χ2n) is 6.67. The molecule has 110 valence electrons. The molecule has 1 aromatic heterocycles. The fourth-order valence-electron chi connectivity index (χ4n) is 2.20. The van der Waals surface area contributed by atoms with Crippen molar-refractivity contribution in [2.75, 3.05) is 13.1 Å². The van der Waals surface area contributed by atoms with Crippen LogP contribution in [0, 0.1) is 5.41 Å². The Kier molecular flexibility index (Phi) is 3.36. The predicted octanol–water partition coefficient (Wildman–Crippen LogP) is 1.91. The maximum absolute atomic E-state index is 12.3. The van der Waals surface area contributed by atoms with Crippen LogP contribution in [-0.4, -0.2) is 40.1 Å². The van der Waals surface area contributed by atoms with Crippen molar-refractivity contribution in [2.24, 2.45) is 5.41 Å². The highest BCUT2D eigenvalue weighted by Gasteiger charge is 2.42. The summed E-state index contributed by atoms with van der Waals surface area (Å²) in [6.45, 7) is 8.21. The van der Waals surface area contributed by atoms with Gasteiger partial charge in [0.15, 0.2) is 5.69 Å². The molecule has 1 saturated heterocycles. The van der Waals surface area contributed by atoms with Gasteiger partial charge in [0.1, 0.15) is 5.76 Å². The van der Waals surface area contributed by atoms with Crippen LogP contribution < -0.4 is 0 Å². The molecular weight excluding hydrogens is 260 g/mol. The van der Waals surface area contributed by atoms with E-state index in [0.29, 0.717) is 18.7 Å². The van der Waals surface area contributed by atoms with Gasteiger partial charge in [0.25, 0.3) is 5.91 Å². The minimum atomic E-state index is -0.872. The van der Waals surface area contributed by atoms with E-state index >= 15 is 0 Å². The number of hydrogen-bond donors (Lipinski definition) is 1. The SMILES string of the molecule is CC1(C(=O)O)CCN(C(=O)c2cc(C(C)(C)C)on2)C1. The second kappa shape index (κ2) is 4.61. The van der Waals surface area contributed by atoms with E-state index in [1.54, 1.807) is 13.0 Å². The van der Waals surface area contributed by atoms with Crippen LogP contribution in [0.15, 0.2) is 10.6 Å². The molecule has 6 nitrogen and oxygen atoms in total. The Labute approximate surface area is 117 Å². The molecule has 1 aliphatic heterocycles.